The maximum atomic E-state index is 4.68. The molecule has 0 aliphatic rings. The molecule has 2 aromatic rings. The topological polar surface area (TPSA) is 45.2 Å². The van der Waals surface area contributed by atoms with Crippen LogP contribution >= 0.6 is 0 Å². The summed E-state index contributed by atoms with van der Waals surface area (Å²) in [6.45, 7) is 7.12. The van der Waals surface area contributed by atoms with Crippen LogP contribution in [-0.4, -0.2) is 35.3 Å². The minimum Gasteiger partial charge on any atom is -0.355 e. The van der Waals surface area contributed by atoms with Crippen LogP contribution in [0, 0.1) is 0 Å². The molecule has 0 atom stereocenters. The van der Waals surface area contributed by atoms with Gasteiger partial charge < -0.3 is 9.80 Å². The van der Waals surface area contributed by atoms with Crippen molar-refractivity contribution in [3.63, 3.8) is 0 Å². The first-order chi connectivity index (χ1) is 10.7. The van der Waals surface area contributed by atoms with Crippen LogP contribution in [0.3, 0.4) is 0 Å². The Morgan fingerprint density at radius 2 is 1.68 bits per heavy atom. The summed E-state index contributed by atoms with van der Waals surface area (Å²) >= 11 is 0. The van der Waals surface area contributed by atoms with Crippen LogP contribution in [0.5, 0.6) is 0 Å². The van der Waals surface area contributed by atoms with E-state index in [1.165, 1.54) is 5.56 Å². The zero-order valence-electron chi connectivity index (χ0n) is 13.7. The summed E-state index contributed by atoms with van der Waals surface area (Å²) in [7, 11) is 2.00. The van der Waals surface area contributed by atoms with E-state index in [2.05, 4.69) is 46.1 Å². The fourth-order valence-electron chi connectivity index (χ4n) is 2.41. The third kappa shape index (κ3) is 4.41. The van der Waals surface area contributed by atoms with Gasteiger partial charge in [0.25, 0.3) is 0 Å². The summed E-state index contributed by atoms with van der Waals surface area (Å²) in [5, 5.41) is 8.31. The van der Waals surface area contributed by atoms with E-state index in [9.17, 15) is 0 Å². The van der Waals surface area contributed by atoms with Gasteiger partial charge in [-0.3, -0.25) is 0 Å². The number of anilines is 2. The van der Waals surface area contributed by atoms with Crippen LogP contribution in [0.4, 0.5) is 11.8 Å². The molecule has 0 saturated carbocycles. The minimum atomic E-state index is 0.665. The van der Waals surface area contributed by atoms with E-state index in [0.717, 1.165) is 38.3 Å². The zero-order chi connectivity index (χ0) is 15.8. The summed E-state index contributed by atoms with van der Waals surface area (Å²) in [5.74, 6) is 1.58. The summed E-state index contributed by atoms with van der Waals surface area (Å²) in [6.07, 6.45) is 3.95. The Hall–Kier alpha value is -2.17. The van der Waals surface area contributed by atoms with Crippen LogP contribution in [0.25, 0.3) is 0 Å². The number of benzene rings is 1. The average molecular weight is 299 g/mol. The van der Waals surface area contributed by atoms with Gasteiger partial charge in [-0.2, -0.15) is 10.1 Å². The molecule has 0 unspecified atom stereocenters. The Balaban J connectivity index is 2.12. The number of aromatic nitrogens is 3. The first-order valence-electron chi connectivity index (χ1n) is 7.94. The quantitative estimate of drug-likeness (QED) is 0.749. The molecular formula is C17H25N5. The molecule has 22 heavy (non-hydrogen) atoms. The number of nitrogens with zero attached hydrogens (tertiary/aromatic N) is 5. The van der Waals surface area contributed by atoms with E-state index in [4.69, 9.17) is 0 Å². The van der Waals surface area contributed by atoms with Crippen LogP contribution in [0.1, 0.15) is 32.3 Å². The predicted octanol–water partition coefficient (Wildman–Crippen LogP) is 3.13. The van der Waals surface area contributed by atoms with E-state index in [-0.39, 0.29) is 0 Å². The summed E-state index contributed by atoms with van der Waals surface area (Å²) < 4.78 is 0. The van der Waals surface area contributed by atoms with Crippen molar-refractivity contribution in [1.82, 2.24) is 15.2 Å². The van der Waals surface area contributed by atoms with E-state index in [0.29, 0.717) is 5.95 Å². The third-order valence-electron chi connectivity index (χ3n) is 3.45. The van der Waals surface area contributed by atoms with Crippen molar-refractivity contribution < 1.29 is 0 Å². The Morgan fingerprint density at radius 1 is 1.00 bits per heavy atom. The van der Waals surface area contributed by atoms with Crippen molar-refractivity contribution in [3.05, 3.63) is 42.1 Å². The monoisotopic (exact) mass is 299 g/mol. The summed E-state index contributed by atoms with van der Waals surface area (Å²) in [4.78, 5) is 8.99. The van der Waals surface area contributed by atoms with E-state index in [1.54, 1.807) is 6.20 Å². The second-order valence-electron chi connectivity index (χ2n) is 5.44. The number of hydrogen-bond acceptors (Lipinski definition) is 5. The molecular weight excluding hydrogens is 274 g/mol. The molecule has 0 spiro atoms. The highest BCUT2D eigenvalue weighted by atomic mass is 15.3. The molecule has 0 aliphatic carbocycles. The van der Waals surface area contributed by atoms with E-state index >= 15 is 0 Å². The van der Waals surface area contributed by atoms with Crippen molar-refractivity contribution >= 4 is 11.8 Å². The Morgan fingerprint density at radius 3 is 2.32 bits per heavy atom. The van der Waals surface area contributed by atoms with Crippen LogP contribution in [0.15, 0.2) is 36.5 Å². The average Bonchev–Trinajstić information content (AvgIpc) is 2.56. The molecule has 118 valence electrons. The van der Waals surface area contributed by atoms with Crippen LogP contribution in [-0.2, 0) is 6.54 Å². The molecule has 0 aliphatic heterocycles. The molecule has 1 heterocycles. The predicted molar refractivity (Wildman–Crippen MR) is 91.2 cm³/mol. The summed E-state index contributed by atoms with van der Waals surface area (Å²) in [6, 6.07) is 10.3. The first-order valence-corrected chi connectivity index (χ1v) is 7.94. The van der Waals surface area contributed by atoms with Crippen molar-refractivity contribution in [3.8, 4) is 0 Å². The lowest BCUT2D eigenvalue weighted by Crippen LogP contribution is -2.27. The van der Waals surface area contributed by atoms with Gasteiger partial charge in [-0.25, -0.2) is 0 Å². The smallest absolute Gasteiger partial charge is 0.247 e. The summed E-state index contributed by atoms with van der Waals surface area (Å²) in [5.41, 5.74) is 1.23. The highest BCUT2D eigenvalue weighted by Gasteiger charge is 2.11. The van der Waals surface area contributed by atoms with Gasteiger partial charge in [0.15, 0.2) is 5.82 Å². The van der Waals surface area contributed by atoms with Gasteiger partial charge in [-0.15, -0.1) is 5.10 Å². The molecule has 0 bridgehead atoms. The Bertz CT molecular complexity index is 552. The SMILES string of the molecule is CCCN(CCC)c1cnnc(N(C)Cc2ccccc2)n1. The Kier molecular flexibility index (Phi) is 6.13. The van der Waals surface area contributed by atoms with Gasteiger partial charge in [0.1, 0.15) is 0 Å². The molecule has 0 amide bonds. The van der Waals surface area contributed by atoms with Crippen molar-refractivity contribution in [2.75, 3.05) is 29.9 Å². The minimum absolute atomic E-state index is 0.665. The molecule has 5 nitrogen and oxygen atoms in total. The largest absolute Gasteiger partial charge is 0.355 e. The first kappa shape index (κ1) is 16.2. The van der Waals surface area contributed by atoms with Gasteiger partial charge in [0.2, 0.25) is 5.95 Å². The highest BCUT2D eigenvalue weighted by molar-refractivity contribution is 5.41. The fourth-order valence-corrected chi connectivity index (χ4v) is 2.41. The zero-order valence-corrected chi connectivity index (χ0v) is 13.7. The lowest BCUT2D eigenvalue weighted by molar-refractivity contribution is 0.721. The molecule has 5 heteroatoms. The van der Waals surface area contributed by atoms with Crippen LogP contribution < -0.4 is 9.80 Å². The lowest BCUT2D eigenvalue weighted by Gasteiger charge is -2.23. The third-order valence-corrected chi connectivity index (χ3v) is 3.45. The van der Waals surface area contributed by atoms with Gasteiger partial charge in [0.05, 0.1) is 6.20 Å². The molecule has 0 radical (unpaired) electrons. The second kappa shape index (κ2) is 8.32. The molecule has 0 fully saturated rings. The fraction of sp³-hybridized carbons (Fsp3) is 0.471. The lowest BCUT2D eigenvalue weighted by atomic mass is 10.2. The second-order valence-corrected chi connectivity index (χ2v) is 5.44. The molecule has 2 rings (SSSR count). The normalized spacial score (nSPS) is 10.5. The van der Waals surface area contributed by atoms with E-state index < -0.39 is 0 Å². The molecule has 1 aromatic carbocycles. The number of rotatable bonds is 8. The van der Waals surface area contributed by atoms with Gasteiger partial charge in [0, 0.05) is 26.7 Å². The van der Waals surface area contributed by atoms with Crippen molar-refractivity contribution in [2.24, 2.45) is 0 Å². The van der Waals surface area contributed by atoms with Gasteiger partial charge in [-0.05, 0) is 18.4 Å². The van der Waals surface area contributed by atoms with Crippen molar-refractivity contribution in [1.29, 1.82) is 0 Å². The maximum Gasteiger partial charge on any atom is 0.247 e. The van der Waals surface area contributed by atoms with Gasteiger partial charge >= 0.3 is 0 Å². The molecule has 1 aromatic heterocycles. The molecule has 0 saturated heterocycles. The van der Waals surface area contributed by atoms with Crippen molar-refractivity contribution in [2.45, 2.75) is 33.2 Å². The standard InChI is InChI=1S/C17H25N5/c1-4-11-22(12-5-2)16-13-18-20-17(19-16)21(3)14-15-9-7-6-8-10-15/h6-10,13H,4-5,11-12,14H2,1-3H3. The number of hydrogen-bond donors (Lipinski definition) is 0. The van der Waals surface area contributed by atoms with Crippen LogP contribution in [0.2, 0.25) is 0 Å². The van der Waals surface area contributed by atoms with E-state index in [1.807, 2.05) is 30.1 Å². The van der Waals surface area contributed by atoms with Gasteiger partial charge in [-0.1, -0.05) is 44.2 Å². The maximum absolute atomic E-state index is 4.68. The Labute approximate surface area is 133 Å². The molecule has 0 N–H and O–H groups in total. The highest BCUT2D eigenvalue weighted by Crippen LogP contribution is 2.15.